The van der Waals surface area contributed by atoms with Crippen LogP contribution in [-0.2, 0) is 9.59 Å². The lowest BCUT2D eigenvalue weighted by Crippen LogP contribution is -2.68. The van der Waals surface area contributed by atoms with Crippen LogP contribution in [0.15, 0.2) is 11.6 Å². The minimum atomic E-state index is -1.16. The Morgan fingerprint density at radius 1 is 0.861 bits per heavy atom. The van der Waals surface area contributed by atoms with Gasteiger partial charge in [-0.25, -0.2) is 0 Å². The number of fused-ring (bicyclic) bond motifs is 7. The van der Waals surface area contributed by atoms with E-state index in [1.165, 1.54) is 0 Å². The van der Waals surface area contributed by atoms with Crippen LogP contribution in [0.4, 0.5) is 0 Å². The highest BCUT2D eigenvalue weighted by molar-refractivity contribution is 5.77. The van der Waals surface area contributed by atoms with E-state index in [4.69, 9.17) is 0 Å². The number of carboxylic acids is 2. The third kappa shape index (κ3) is 2.81. The van der Waals surface area contributed by atoms with Crippen LogP contribution in [0.25, 0.3) is 0 Å². The number of aliphatic carboxylic acids is 2. The van der Waals surface area contributed by atoms with Crippen molar-refractivity contribution in [3.8, 4) is 0 Å². The van der Waals surface area contributed by atoms with Gasteiger partial charge in [0.05, 0.1) is 22.5 Å². The molecule has 0 radical (unpaired) electrons. The molecule has 2 unspecified atom stereocenters. The SMILES string of the molecule is C[C@H]1CC[C@]2(C(=O)O)CC[C@]3(C)C(=CC[C@@H]4[C@@]5(C)CC[C@H](O)C(C)(C(=O)O)C5CC[C@]43C)[C@@H]2[C@]1(C)O. The average Bonchev–Trinajstić information content (AvgIpc) is 2.79. The minimum Gasteiger partial charge on any atom is -0.481 e. The number of aliphatic hydroxyl groups excluding tert-OH is 1. The van der Waals surface area contributed by atoms with E-state index in [1.807, 2.05) is 6.92 Å². The van der Waals surface area contributed by atoms with Crippen LogP contribution in [0.1, 0.15) is 99.3 Å². The minimum absolute atomic E-state index is 0.0214. The van der Waals surface area contributed by atoms with Gasteiger partial charge in [0.2, 0.25) is 0 Å². The summed E-state index contributed by atoms with van der Waals surface area (Å²) in [7, 11) is 0. The maximum absolute atomic E-state index is 12.8. The lowest BCUT2D eigenvalue weighted by molar-refractivity contribution is -0.224. The maximum atomic E-state index is 12.8. The van der Waals surface area contributed by atoms with Gasteiger partial charge in [0, 0.05) is 5.92 Å². The first-order chi connectivity index (χ1) is 16.5. The van der Waals surface area contributed by atoms with E-state index in [0.29, 0.717) is 19.3 Å². The lowest BCUT2D eigenvalue weighted by atomic mass is 9.33. The number of allylic oxidation sites excluding steroid dienone is 1. The third-order valence-electron chi connectivity index (χ3n) is 13.6. The zero-order chi connectivity index (χ0) is 26.7. The fourth-order valence-corrected chi connectivity index (χ4v) is 10.8. The molecule has 36 heavy (non-hydrogen) atoms. The fourth-order valence-electron chi connectivity index (χ4n) is 10.8. The van der Waals surface area contributed by atoms with Gasteiger partial charge in [-0.15, -0.1) is 0 Å². The summed E-state index contributed by atoms with van der Waals surface area (Å²) < 4.78 is 0. The van der Waals surface area contributed by atoms with Gasteiger partial charge in [-0.2, -0.15) is 0 Å². The Hall–Kier alpha value is -1.40. The molecule has 5 aliphatic rings. The quantitative estimate of drug-likeness (QED) is 0.383. The van der Waals surface area contributed by atoms with Crippen molar-refractivity contribution in [2.45, 2.75) is 111 Å². The van der Waals surface area contributed by atoms with Crippen molar-refractivity contribution in [1.29, 1.82) is 0 Å². The number of carbonyl (C=O) groups is 2. The molecule has 4 saturated carbocycles. The Labute approximate surface area is 215 Å². The van der Waals surface area contributed by atoms with Gasteiger partial charge in [0.25, 0.3) is 0 Å². The van der Waals surface area contributed by atoms with Crippen LogP contribution in [0.2, 0.25) is 0 Å². The molecule has 4 N–H and O–H groups in total. The molecule has 5 aliphatic carbocycles. The smallest absolute Gasteiger partial charge is 0.312 e. The predicted molar refractivity (Wildman–Crippen MR) is 136 cm³/mol. The first-order valence-electron chi connectivity index (χ1n) is 14.1. The zero-order valence-corrected chi connectivity index (χ0v) is 22.9. The number of hydrogen-bond donors (Lipinski definition) is 4. The summed E-state index contributed by atoms with van der Waals surface area (Å²) in [5.41, 5.74) is -2.66. The molecule has 0 bridgehead atoms. The molecular formula is C30H46O6. The van der Waals surface area contributed by atoms with Crippen LogP contribution in [0, 0.1) is 50.7 Å². The summed E-state index contributed by atoms with van der Waals surface area (Å²) in [6.45, 7) is 12.6. The second-order valence-electron chi connectivity index (χ2n) is 14.5. The average molecular weight is 503 g/mol. The Morgan fingerprint density at radius 3 is 2.14 bits per heavy atom. The Morgan fingerprint density at radius 2 is 1.53 bits per heavy atom. The summed E-state index contributed by atoms with van der Waals surface area (Å²) in [5, 5.41) is 43.5. The molecule has 0 amide bonds. The number of carboxylic acid groups (broad SMARTS) is 2. The van der Waals surface area contributed by atoms with Crippen molar-refractivity contribution in [3.05, 3.63) is 11.6 Å². The number of hydrogen-bond acceptors (Lipinski definition) is 4. The van der Waals surface area contributed by atoms with Crippen molar-refractivity contribution >= 4 is 11.9 Å². The van der Waals surface area contributed by atoms with Crippen molar-refractivity contribution in [3.63, 3.8) is 0 Å². The summed E-state index contributed by atoms with van der Waals surface area (Å²) in [6, 6.07) is 0. The fraction of sp³-hybridized carbons (Fsp3) is 0.867. The number of aliphatic hydroxyl groups is 2. The Balaban J connectivity index is 1.64. The largest absolute Gasteiger partial charge is 0.481 e. The summed E-state index contributed by atoms with van der Waals surface area (Å²) in [4.78, 5) is 25.4. The summed E-state index contributed by atoms with van der Waals surface area (Å²) >= 11 is 0. The molecular weight excluding hydrogens is 456 g/mol. The van der Waals surface area contributed by atoms with E-state index in [0.717, 1.165) is 44.1 Å². The summed E-state index contributed by atoms with van der Waals surface area (Å²) in [6.07, 6.45) is 7.77. The second-order valence-corrected chi connectivity index (χ2v) is 14.5. The molecule has 0 aromatic carbocycles. The van der Waals surface area contributed by atoms with Gasteiger partial charge < -0.3 is 20.4 Å². The van der Waals surface area contributed by atoms with Crippen LogP contribution in [-0.4, -0.2) is 44.1 Å². The molecule has 6 nitrogen and oxygen atoms in total. The van der Waals surface area contributed by atoms with E-state index in [1.54, 1.807) is 6.92 Å². The van der Waals surface area contributed by atoms with Gasteiger partial charge in [-0.1, -0.05) is 39.3 Å². The van der Waals surface area contributed by atoms with Crippen LogP contribution < -0.4 is 0 Å². The van der Waals surface area contributed by atoms with Crippen LogP contribution in [0.3, 0.4) is 0 Å². The second kappa shape index (κ2) is 7.59. The molecule has 0 saturated heterocycles. The molecule has 0 spiro atoms. The van der Waals surface area contributed by atoms with Crippen LogP contribution in [0.5, 0.6) is 0 Å². The number of rotatable bonds is 2. The Kier molecular flexibility index (Phi) is 5.53. The lowest BCUT2D eigenvalue weighted by Gasteiger charge is -2.71. The topological polar surface area (TPSA) is 115 Å². The van der Waals surface area contributed by atoms with Crippen molar-refractivity contribution in [2.24, 2.45) is 50.7 Å². The summed E-state index contributed by atoms with van der Waals surface area (Å²) in [5.74, 6) is -1.93. The molecule has 4 fully saturated rings. The Bertz CT molecular complexity index is 1020. The molecule has 202 valence electrons. The predicted octanol–water partition coefficient (Wildman–Crippen LogP) is 5.27. The van der Waals surface area contributed by atoms with Crippen LogP contribution >= 0.6 is 0 Å². The highest BCUT2D eigenvalue weighted by atomic mass is 16.4. The molecule has 0 heterocycles. The van der Waals surface area contributed by atoms with Crippen molar-refractivity contribution in [2.75, 3.05) is 0 Å². The van der Waals surface area contributed by atoms with Gasteiger partial charge in [-0.05, 0) is 106 Å². The van der Waals surface area contributed by atoms with E-state index in [2.05, 4.69) is 33.8 Å². The molecule has 0 aliphatic heterocycles. The van der Waals surface area contributed by atoms with Crippen molar-refractivity contribution in [1.82, 2.24) is 0 Å². The standard InChI is InChI=1S/C30H46O6/c1-17-9-14-30(24(34)35)16-15-26(3)18(22(30)29(17,6)36)7-8-19-25(2)12-11-21(31)28(5,23(32)33)20(25)10-13-27(19,26)4/h7,17,19-22,31,36H,8-16H2,1-6H3,(H,32,33)(H,34,35)/t17-,19+,20?,21-,22+,25+,26+,27+,28?,29+,30-/m0/s1. The van der Waals surface area contributed by atoms with E-state index in [9.17, 15) is 30.0 Å². The van der Waals surface area contributed by atoms with Gasteiger partial charge in [0.1, 0.15) is 0 Å². The molecule has 0 aromatic rings. The van der Waals surface area contributed by atoms with E-state index in [-0.39, 0.29) is 34.0 Å². The first-order valence-corrected chi connectivity index (χ1v) is 14.1. The highest BCUT2D eigenvalue weighted by Gasteiger charge is 2.72. The molecule has 11 atom stereocenters. The normalized spacial score (nSPS) is 56.3. The zero-order valence-electron chi connectivity index (χ0n) is 22.9. The highest BCUT2D eigenvalue weighted by Crippen LogP contribution is 2.76. The monoisotopic (exact) mass is 502 g/mol. The van der Waals surface area contributed by atoms with E-state index < -0.39 is 40.4 Å². The van der Waals surface area contributed by atoms with E-state index >= 15 is 0 Å². The molecule has 0 aromatic heterocycles. The first kappa shape index (κ1) is 26.2. The maximum Gasteiger partial charge on any atom is 0.312 e. The molecule has 6 heteroatoms. The molecule has 5 rings (SSSR count). The van der Waals surface area contributed by atoms with Gasteiger partial charge in [-0.3, -0.25) is 9.59 Å². The third-order valence-corrected chi connectivity index (χ3v) is 13.6. The van der Waals surface area contributed by atoms with Gasteiger partial charge >= 0.3 is 11.9 Å². The van der Waals surface area contributed by atoms with Gasteiger partial charge in [0.15, 0.2) is 0 Å². The van der Waals surface area contributed by atoms with Crippen molar-refractivity contribution < 1.29 is 30.0 Å².